The maximum Gasteiger partial charge on any atom is 0.0700 e. The van der Waals surface area contributed by atoms with Crippen LogP contribution in [0.25, 0.3) is 0 Å². The van der Waals surface area contributed by atoms with Crippen molar-refractivity contribution in [1.82, 2.24) is 5.32 Å². The van der Waals surface area contributed by atoms with Gasteiger partial charge in [-0.2, -0.15) is 0 Å². The van der Waals surface area contributed by atoms with E-state index in [4.69, 9.17) is 10.5 Å². The second kappa shape index (κ2) is 4.60. The van der Waals surface area contributed by atoms with Crippen molar-refractivity contribution in [1.29, 1.82) is 0 Å². The lowest BCUT2D eigenvalue weighted by atomic mass is 9.97. The lowest BCUT2D eigenvalue weighted by Crippen LogP contribution is -2.51. The van der Waals surface area contributed by atoms with Crippen LogP contribution >= 0.6 is 0 Å². The third-order valence-electron chi connectivity index (χ3n) is 3.68. The maximum absolute atomic E-state index is 5.85. The number of hydrogen-bond donors (Lipinski definition) is 2. The number of nitrogens with two attached hydrogens (primary N) is 1. The van der Waals surface area contributed by atoms with Crippen molar-refractivity contribution in [3.63, 3.8) is 0 Å². The van der Waals surface area contributed by atoms with E-state index in [9.17, 15) is 0 Å². The van der Waals surface area contributed by atoms with Gasteiger partial charge in [-0.15, -0.1) is 0 Å². The second-order valence-electron chi connectivity index (χ2n) is 4.71. The van der Waals surface area contributed by atoms with E-state index in [-0.39, 0.29) is 5.54 Å². The van der Waals surface area contributed by atoms with Crippen LogP contribution in [0.2, 0.25) is 0 Å². The Balaban J connectivity index is 1.76. The van der Waals surface area contributed by atoms with Crippen molar-refractivity contribution in [2.45, 2.75) is 50.2 Å². The summed E-state index contributed by atoms with van der Waals surface area (Å²) in [6.07, 6.45) is 8.03. The molecule has 3 nitrogen and oxygen atoms in total. The van der Waals surface area contributed by atoms with Crippen molar-refractivity contribution in [2.75, 3.05) is 19.7 Å². The van der Waals surface area contributed by atoms with E-state index >= 15 is 0 Å². The van der Waals surface area contributed by atoms with Crippen LogP contribution in [0.4, 0.5) is 0 Å². The fraction of sp³-hybridized carbons (Fsp3) is 1.00. The molecule has 14 heavy (non-hydrogen) atoms. The minimum Gasteiger partial charge on any atom is -0.377 e. The second-order valence-corrected chi connectivity index (χ2v) is 4.71. The van der Waals surface area contributed by atoms with Gasteiger partial charge in [-0.1, -0.05) is 12.8 Å². The number of ether oxygens (including phenoxy) is 1. The molecular weight excluding hydrogens is 176 g/mol. The summed E-state index contributed by atoms with van der Waals surface area (Å²) < 4.78 is 5.60. The Morgan fingerprint density at radius 1 is 1.29 bits per heavy atom. The van der Waals surface area contributed by atoms with E-state index in [1.54, 1.807) is 0 Å². The normalized spacial score (nSPS) is 31.1. The van der Waals surface area contributed by atoms with Crippen LogP contribution in [-0.2, 0) is 4.74 Å². The van der Waals surface area contributed by atoms with Gasteiger partial charge in [-0.3, -0.25) is 0 Å². The van der Waals surface area contributed by atoms with E-state index in [0.717, 1.165) is 19.7 Å². The number of hydrogen-bond acceptors (Lipinski definition) is 3. The van der Waals surface area contributed by atoms with Crippen LogP contribution in [0.3, 0.4) is 0 Å². The molecule has 1 saturated carbocycles. The molecule has 1 unspecified atom stereocenters. The van der Waals surface area contributed by atoms with Gasteiger partial charge < -0.3 is 15.8 Å². The first kappa shape index (κ1) is 10.4. The fourth-order valence-electron chi connectivity index (χ4n) is 2.64. The van der Waals surface area contributed by atoms with E-state index in [1.807, 2.05) is 0 Å². The first-order valence-corrected chi connectivity index (χ1v) is 5.91. The number of rotatable bonds is 4. The molecule has 1 atom stereocenters. The van der Waals surface area contributed by atoms with Crippen LogP contribution in [0.15, 0.2) is 0 Å². The lowest BCUT2D eigenvalue weighted by molar-refractivity contribution is 0.101. The van der Waals surface area contributed by atoms with Crippen molar-refractivity contribution < 1.29 is 4.74 Å². The molecule has 0 bridgehead atoms. The molecule has 0 aromatic rings. The van der Waals surface area contributed by atoms with Gasteiger partial charge in [-0.25, -0.2) is 0 Å². The summed E-state index contributed by atoms with van der Waals surface area (Å²) in [6, 6.07) is 0. The molecule has 0 aromatic carbocycles. The highest BCUT2D eigenvalue weighted by molar-refractivity contribution is 4.94. The monoisotopic (exact) mass is 198 g/mol. The Morgan fingerprint density at radius 3 is 2.64 bits per heavy atom. The topological polar surface area (TPSA) is 47.3 Å². The highest BCUT2D eigenvalue weighted by Gasteiger charge is 2.32. The largest absolute Gasteiger partial charge is 0.377 e. The Hall–Kier alpha value is -0.120. The van der Waals surface area contributed by atoms with E-state index in [0.29, 0.717) is 6.10 Å². The molecule has 1 saturated heterocycles. The Kier molecular flexibility index (Phi) is 3.42. The predicted octanol–water partition coefficient (Wildman–Crippen LogP) is 1.03. The Labute approximate surface area is 86.4 Å². The zero-order valence-corrected chi connectivity index (χ0v) is 8.93. The molecule has 0 amide bonds. The molecule has 0 radical (unpaired) electrons. The van der Waals surface area contributed by atoms with Gasteiger partial charge in [0.1, 0.15) is 0 Å². The van der Waals surface area contributed by atoms with Crippen LogP contribution in [0, 0.1) is 0 Å². The average molecular weight is 198 g/mol. The summed E-state index contributed by atoms with van der Waals surface area (Å²) in [5.41, 5.74) is 6.09. The van der Waals surface area contributed by atoms with E-state index < -0.39 is 0 Å². The first-order valence-electron chi connectivity index (χ1n) is 5.91. The molecule has 3 N–H and O–H groups in total. The molecule has 1 heterocycles. The SMILES string of the molecule is NCC1(NCC2CCCO2)CCCC1. The van der Waals surface area contributed by atoms with Crippen LogP contribution in [-0.4, -0.2) is 31.3 Å². The third-order valence-corrected chi connectivity index (χ3v) is 3.68. The van der Waals surface area contributed by atoms with Crippen molar-refractivity contribution >= 4 is 0 Å². The predicted molar refractivity (Wildman–Crippen MR) is 57.2 cm³/mol. The van der Waals surface area contributed by atoms with Gasteiger partial charge in [-0.05, 0) is 25.7 Å². The molecular formula is C11H22N2O. The summed E-state index contributed by atoms with van der Waals surface area (Å²) in [4.78, 5) is 0. The number of nitrogens with one attached hydrogen (secondary N) is 1. The third kappa shape index (κ3) is 2.27. The van der Waals surface area contributed by atoms with E-state index in [2.05, 4.69) is 5.32 Å². The Morgan fingerprint density at radius 2 is 2.07 bits per heavy atom. The molecule has 1 aliphatic carbocycles. The quantitative estimate of drug-likeness (QED) is 0.709. The van der Waals surface area contributed by atoms with Gasteiger partial charge in [0.15, 0.2) is 0 Å². The van der Waals surface area contributed by atoms with Gasteiger partial charge in [0, 0.05) is 25.2 Å². The van der Waals surface area contributed by atoms with Crippen LogP contribution in [0.1, 0.15) is 38.5 Å². The highest BCUT2D eigenvalue weighted by Crippen LogP contribution is 2.28. The molecule has 3 heteroatoms. The summed E-state index contributed by atoms with van der Waals surface area (Å²) in [7, 11) is 0. The van der Waals surface area contributed by atoms with Gasteiger partial charge in [0.05, 0.1) is 6.10 Å². The average Bonchev–Trinajstić information content (AvgIpc) is 2.87. The smallest absolute Gasteiger partial charge is 0.0700 e. The molecule has 2 aliphatic rings. The standard InChI is InChI=1S/C11H22N2O/c12-9-11(5-1-2-6-11)13-8-10-4-3-7-14-10/h10,13H,1-9,12H2. The van der Waals surface area contributed by atoms with Crippen molar-refractivity contribution in [3.8, 4) is 0 Å². The van der Waals surface area contributed by atoms with Gasteiger partial charge >= 0.3 is 0 Å². The Bertz CT molecular complexity index is 172. The molecule has 0 aromatic heterocycles. The molecule has 2 fully saturated rings. The summed E-state index contributed by atoms with van der Waals surface area (Å²) >= 11 is 0. The lowest BCUT2D eigenvalue weighted by Gasteiger charge is -2.30. The summed E-state index contributed by atoms with van der Waals surface area (Å²) in [5, 5.41) is 3.64. The van der Waals surface area contributed by atoms with Gasteiger partial charge in [0.25, 0.3) is 0 Å². The van der Waals surface area contributed by atoms with Crippen LogP contribution in [0.5, 0.6) is 0 Å². The molecule has 0 spiro atoms. The van der Waals surface area contributed by atoms with Crippen molar-refractivity contribution in [3.05, 3.63) is 0 Å². The summed E-state index contributed by atoms with van der Waals surface area (Å²) in [5.74, 6) is 0. The summed E-state index contributed by atoms with van der Waals surface area (Å²) in [6.45, 7) is 2.72. The van der Waals surface area contributed by atoms with Gasteiger partial charge in [0.2, 0.25) is 0 Å². The maximum atomic E-state index is 5.85. The van der Waals surface area contributed by atoms with E-state index in [1.165, 1.54) is 38.5 Å². The fourth-order valence-corrected chi connectivity index (χ4v) is 2.64. The van der Waals surface area contributed by atoms with Crippen molar-refractivity contribution in [2.24, 2.45) is 5.73 Å². The molecule has 82 valence electrons. The minimum atomic E-state index is 0.242. The van der Waals surface area contributed by atoms with Crippen LogP contribution < -0.4 is 11.1 Å². The highest BCUT2D eigenvalue weighted by atomic mass is 16.5. The zero-order chi connectivity index (χ0) is 9.86. The minimum absolute atomic E-state index is 0.242. The molecule has 1 aliphatic heterocycles. The molecule has 2 rings (SSSR count). The zero-order valence-electron chi connectivity index (χ0n) is 8.93. The first-order chi connectivity index (χ1) is 6.85.